The molecule has 5 rings (SSSR count). The van der Waals surface area contributed by atoms with E-state index in [1.807, 2.05) is 31.2 Å². The molecule has 4 aromatic rings. The second-order valence-electron chi connectivity index (χ2n) is 9.02. The minimum absolute atomic E-state index is 0.139. The molecule has 1 N–H and O–H groups in total. The Hall–Kier alpha value is -3.97. The van der Waals surface area contributed by atoms with Crippen LogP contribution in [0, 0.1) is 15.9 Å². The van der Waals surface area contributed by atoms with Crippen LogP contribution in [-0.4, -0.2) is 49.2 Å². The summed E-state index contributed by atoms with van der Waals surface area (Å²) in [4.78, 5) is 38.2. The van der Waals surface area contributed by atoms with E-state index in [0.29, 0.717) is 30.8 Å². The first-order valence-corrected chi connectivity index (χ1v) is 13.7. The quantitative estimate of drug-likeness (QED) is 0.212. The molecular weight excluding hydrogens is 591 g/mol. The van der Waals surface area contributed by atoms with Crippen molar-refractivity contribution in [3.05, 3.63) is 91.6 Å². The Kier molecular flexibility index (Phi) is 7.53. The zero-order valence-corrected chi connectivity index (χ0v) is 23.0. The second-order valence-corrected chi connectivity index (χ2v) is 10.9. The highest BCUT2D eigenvalue weighted by Gasteiger charge is 2.35. The standard InChI is InChI=1S/C26H22BrFN6O4S/c1-15(17-5-2-3-6-19(17)27)33-14-21(30-31-33)18-13-16(8-9-20(18)28)29-25(35)22-7-4-12-32(22)26(36)23-10-11-24(39-23)34(37)38/h2-3,5-6,8-11,13-15,22H,4,7,12H2,1H3,(H,29,35)/t15-,22?/m1/s1. The maximum absolute atomic E-state index is 14.8. The van der Waals surface area contributed by atoms with Crippen molar-refractivity contribution in [2.24, 2.45) is 0 Å². The SMILES string of the molecule is C[C@H](c1ccccc1Br)n1cc(-c2cc(NC(=O)C3CCCN3C(=O)c3ccc([N+](=O)[O-])s3)ccc2F)nn1. The normalized spacial score (nSPS) is 15.8. The van der Waals surface area contributed by atoms with Gasteiger partial charge in [-0.25, -0.2) is 9.07 Å². The Labute approximate surface area is 234 Å². The monoisotopic (exact) mass is 612 g/mol. The number of benzene rings is 2. The summed E-state index contributed by atoms with van der Waals surface area (Å²) >= 11 is 4.32. The maximum atomic E-state index is 14.8. The molecule has 2 aromatic carbocycles. The second kappa shape index (κ2) is 11.0. The first-order chi connectivity index (χ1) is 18.7. The van der Waals surface area contributed by atoms with Crippen molar-refractivity contribution < 1.29 is 18.9 Å². The number of nitrogens with zero attached hydrogens (tertiary/aromatic N) is 5. The van der Waals surface area contributed by atoms with Crippen LogP contribution in [0.25, 0.3) is 11.3 Å². The molecule has 1 fully saturated rings. The molecular formula is C26H22BrFN6O4S. The van der Waals surface area contributed by atoms with Crippen LogP contribution in [-0.2, 0) is 4.79 Å². The number of hydrogen-bond donors (Lipinski definition) is 1. The zero-order valence-electron chi connectivity index (χ0n) is 20.6. The van der Waals surface area contributed by atoms with E-state index in [9.17, 15) is 24.1 Å². The fourth-order valence-corrected chi connectivity index (χ4v) is 5.93. The van der Waals surface area contributed by atoms with Gasteiger partial charge < -0.3 is 10.2 Å². The Balaban J connectivity index is 1.32. The van der Waals surface area contributed by atoms with E-state index in [1.165, 1.54) is 35.2 Å². The third-order valence-corrected chi connectivity index (χ3v) is 8.32. The summed E-state index contributed by atoms with van der Waals surface area (Å²) in [5.74, 6) is -1.37. The van der Waals surface area contributed by atoms with Gasteiger partial charge in [-0.2, -0.15) is 0 Å². The van der Waals surface area contributed by atoms with Gasteiger partial charge in [-0.05, 0) is 55.7 Å². The average molecular weight is 613 g/mol. The van der Waals surface area contributed by atoms with E-state index < -0.39 is 28.6 Å². The van der Waals surface area contributed by atoms with E-state index in [0.717, 1.165) is 21.4 Å². The van der Waals surface area contributed by atoms with Crippen LogP contribution < -0.4 is 5.32 Å². The molecule has 2 atom stereocenters. The molecule has 3 heterocycles. The van der Waals surface area contributed by atoms with Gasteiger partial charge in [0.25, 0.3) is 5.91 Å². The minimum atomic E-state index is -0.752. The molecule has 0 bridgehead atoms. The van der Waals surface area contributed by atoms with Crippen molar-refractivity contribution >= 4 is 49.8 Å². The molecule has 1 aliphatic heterocycles. The number of thiophene rings is 1. The van der Waals surface area contributed by atoms with Crippen molar-refractivity contribution in [2.75, 3.05) is 11.9 Å². The van der Waals surface area contributed by atoms with Crippen molar-refractivity contribution in [3.63, 3.8) is 0 Å². The van der Waals surface area contributed by atoms with E-state index in [2.05, 4.69) is 31.6 Å². The average Bonchev–Trinajstić information content (AvgIpc) is 3.70. The lowest BCUT2D eigenvalue weighted by Crippen LogP contribution is -2.42. The van der Waals surface area contributed by atoms with Gasteiger partial charge in [-0.3, -0.25) is 19.7 Å². The summed E-state index contributed by atoms with van der Waals surface area (Å²) in [5.41, 5.74) is 1.81. The molecule has 2 aromatic heterocycles. The molecule has 2 amide bonds. The maximum Gasteiger partial charge on any atom is 0.324 e. The number of rotatable bonds is 7. The molecule has 0 saturated carbocycles. The fraction of sp³-hybridized carbons (Fsp3) is 0.231. The van der Waals surface area contributed by atoms with Gasteiger partial charge in [0.1, 0.15) is 17.6 Å². The molecule has 10 nitrogen and oxygen atoms in total. The van der Waals surface area contributed by atoms with Gasteiger partial charge >= 0.3 is 5.00 Å². The van der Waals surface area contributed by atoms with Crippen LogP contribution in [0.15, 0.2) is 65.3 Å². The summed E-state index contributed by atoms with van der Waals surface area (Å²) in [6.07, 6.45) is 2.71. The molecule has 0 spiro atoms. The Morgan fingerprint density at radius 2 is 2.03 bits per heavy atom. The fourth-order valence-electron chi connectivity index (χ4n) is 4.54. The number of nitrogens with one attached hydrogen (secondary N) is 1. The van der Waals surface area contributed by atoms with Crippen molar-refractivity contribution in [3.8, 4) is 11.3 Å². The predicted molar refractivity (Wildman–Crippen MR) is 147 cm³/mol. The van der Waals surface area contributed by atoms with Crippen LogP contribution in [0.3, 0.4) is 0 Å². The molecule has 0 aliphatic carbocycles. The van der Waals surface area contributed by atoms with Gasteiger partial charge in [0.05, 0.1) is 22.0 Å². The molecule has 200 valence electrons. The highest BCUT2D eigenvalue weighted by atomic mass is 79.9. The molecule has 39 heavy (non-hydrogen) atoms. The number of carbonyl (C=O) groups excluding carboxylic acids is 2. The smallest absolute Gasteiger partial charge is 0.324 e. The largest absolute Gasteiger partial charge is 0.326 e. The first-order valence-electron chi connectivity index (χ1n) is 12.0. The number of likely N-dealkylation sites (tertiary alicyclic amines) is 1. The van der Waals surface area contributed by atoms with Crippen LogP contribution in [0.5, 0.6) is 0 Å². The van der Waals surface area contributed by atoms with Crippen LogP contribution in [0.4, 0.5) is 15.1 Å². The van der Waals surface area contributed by atoms with Crippen molar-refractivity contribution in [2.45, 2.75) is 31.8 Å². The number of hydrogen-bond acceptors (Lipinski definition) is 7. The minimum Gasteiger partial charge on any atom is -0.326 e. The Bertz CT molecular complexity index is 1570. The van der Waals surface area contributed by atoms with E-state index in [1.54, 1.807) is 10.9 Å². The number of anilines is 1. The summed E-state index contributed by atoms with van der Waals surface area (Å²) in [7, 11) is 0. The van der Waals surface area contributed by atoms with Gasteiger partial charge in [0, 0.05) is 28.3 Å². The topological polar surface area (TPSA) is 123 Å². The molecule has 1 aliphatic rings. The van der Waals surface area contributed by atoms with Crippen LogP contribution in [0.1, 0.15) is 41.0 Å². The number of amides is 2. The van der Waals surface area contributed by atoms with E-state index in [-0.39, 0.29) is 21.5 Å². The Morgan fingerprint density at radius 1 is 1.23 bits per heavy atom. The third kappa shape index (κ3) is 5.45. The van der Waals surface area contributed by atoms with Crippen molar-refractivity contribution in [1.82, 2.24) is 19.9 Å². The van der Waals surface area contributed by atoms with Gasteiger partial charge in [0.15, 0.2) is 0 Å². The Morgan fingerprint density at radius 3 is 2.77 bits per heavy atom. The van der Waals surface area contributed by atoms with Crippen LogP contribution in [0.2, 0.25) is 0 Å². The molecule has 0 radical (unpaired) electrons. The highest BCUT2D eigenvalue weighted by molar-refractivity contribution is 9.10. The first kappa shape index (κ1) is 26.6. The lowest BCUT2D eigenvalue weighted by Gasteiger charge is -2.23. The van der Waals surface area contributed by atoms with Gasteiger partial charge in [-0.15, -0.1) is 5.10 Å². The summed E-state index contributed by atoms with van der Waals surface area (Å²) in [6.45, 7) is 2.31. The summed E-state index contributed by atoms with van der Waals surface area (Å²) < 4.78 is 17.4. The lowest BCUT2D eigenvalue weighted by atomic mass is 10.1. The van der Waals surface area contributed by atoms with E-state index in [4.69, 9.17) is 0 Å². The summed E-state index contributed by atoms with van der Waals surface area (Å²) in [5, 5.41) is 22.0. The third-order valence-electron chi connectivity index (χ3n) is 6.57. The molecule has 1 saturated heterocycles. The summed E-state index contributed by atoms with van der Waals surface area (Å²) in [6, 6.07) is 13.6. The zero-order chi connectivity index (χ0) is 27.7. The predicted octanol–water partition coefficient (Wildman–Crippen LogP) is 5.67. The number of carbonyl (C=O) groups is 2. The highest BCUT2D eigenvalue weighted by Crippen LogP contribution is 2.31. The number of halogens is 2. The number of nitro groups is 1. The molecule has 13 heteroatoms. The van der Waals surface area contributed by atoms with Gasteiger partial charge in [0.2, 0.25) is 5.91 Å². The van der Waals surface area contributed by atoms with Gasteiger partial charge in [-0.1, -0.05) is 50.7 Å². The van der Waals surface area contributed by atoms with Crippen molar-refractivity contribution in [1.29, 1.82) is 0 Å². The molecule has 1 unspecified atom stereocenters. The van der Waals surface area contributed by atoms with E-state index >= 15 is 0 Å². The lowest BCUT2D eigenvalue weighted by molar-refractivity contribution is -0.380. The van der Waals surface area contributed by atoms with Crippen LogP contribution >= 0.6 is 27.3 Å². The number of aromatic nitrogens is 3.